The fourth-order valence-corrected chi connectivity index (χ4v) is 5.42. The van der Waals surface area contributed by atoms with Gasteiger partial charge in [-0.15, -0.1) is 0 Å². The SMILES string of the molecule is COc1ccc(S(=O)(=O)N(C)c2ccc(C(=O)N[C@H](c3ccccc3)c3ccccc3C)cc2)cc1OC. The lowest BCUT2D eigenvalue weighted by Gasteiger charge is -2.22. The maximum Gasteiger partial charge on any atom is 0.264 e. The number of aryl methyl sites for hydroxylation is 1. The Morgan fingerprint density at radius 2 is 1.45 bits per heavy atom. The second kappa shape index (κ2) is 11.4. The Hall–Kier alpha value is -4.30. The van der Waals surface area contributed by atoms with Crippen molar-refractivity contribution in [3.05, 3.63) is 119 Å². The van der Waals surface area contributed by atoms with Gasteiger partial charge in [0.05, 0.1) is 30.8 Å². The number of sulfonamides is 1. The largest absolute Gasteiger partial charge is 0.493 e. The molecule has 4 aromatic carbocycles. The molecular formula is C30H30N2O5S. The van der Waals surface area contributed by atoms with Crippen molar-refractivity contribution in [2.75, 3.05) is 25.6 Å². The van der Waals surface area contributed by atoms with E-state index in [9.17, 15) is 13.2 Å². The van der Waals surface area contributed by atoms with Gasteiger partial charge in [0.1, 0.15) is 0 Å². The third-order valence-corrected chi connectivity index (χ3v) is 8.20. The number of hydrogen-bond donors (Lipinski definition) is 1. The maximum absolute atomic E-state index is 13.3. The lowest BCUT2D eigenvalue weighted by Crippen LogP contribution is -2.30. The quantitative estimate of drug-likeness (QED) is 0.315. The van der Waals surface area contributed by atoms with E-state index in [1.54, 1.807) is 30.3 Å². The highest BCUT2D eigenvalue weighted by molar-refractivity contribution is 7.92. The van der Waals surface area contributed by atoms with E-state index in [1.165, 1.54) is 33.4 Å². The fraction of sp³-hybridized carbons (Fsp3) is 0.167. The molecule has 0 spiro atoms. The molecule has 4 rings (SSSR count). The van der Waals surface area contributed by atoms with Gasteiger partial charge in [-0.1, -0.05) is 54.6 Å². The average molecular weight is 531 g/mol. The minimum atomic E-state index is -3.88. The number of carbonyl (C=O) groups excluding carboxylic acids is 1. The number of amides is 1. The summed E-state index contributed by atoms with van der Waals surface area (Å²) < 4.78 is 38.1. The summed E-state index contributed by atoms with van der Waals surface area (Å²) in [6.07, 6.45) is 0. The molecule has 0 heterocycles. The van der Waals surface area contributed by atoms with E-state index in [2.05, 4.69) is 5.32 Å². The summed E-state index contributed by atoms with van der Waals surface area (Å²) in [4.78, 5) is 13.3. The van der Waals surface area contributed by atoms with Crippen molar-refractivity contribution in [3.8, 4) is 11.5 Å². The van der Waals surface area contributed by atoms with E-state index in [-0.39, 0.29) is 16.8 Å². The van der Waals surface area contributed by atoms with Gasteiger partial charge in [-0.2, -0.15) is 0 Å². The average Bonchev–Trinajstić information content (AvgIpc) is 2.96. The first-order valence-electron chi connectivity index (χ1n) is 12.0. The molecule has 0 unspecified atom stereocenters. The summed E-state index contributed by atoms with van der Waals surface area (Å²) in [6, 6.07) is 28.3. The van der Waals surface area contributed by atoms with E-state index in [0.717, 1.165) is 21.0 Å². The standard InChI is InChI=1S/C30H30N2O5S/c1-21-10-8-9-13-26(21)29(22-11-6-5-7-12-22)31-30(33)23-14-16-24(17-15-23)32(2)38(34,35)25-18-19-27(36-3)28(20-25)37-4/h5-20,29H,1-4H3,(H,31,33)/t29-/m1/s1. The van der Waals surface area contributed by atoms with Crippen LogP contribution in [0.2, 0.25) is 0 Å². The van der Waals surface area contributed by atoms with Gasteiger partial charge in [-0.3, -0.25) is 9.10 Å². The van der Waals surface area contributed by atoms with E-state index in [4.69, 9.17) is 9.47 Å². The Labute approximate surface area is 223 Å². The molecule has 0 aliphatic rings. The van der Waals surface area contributed by atoms with E-state index in [1.807, 2.05) is 61.5 Å². The monoisotopic (exact) mass is 530 g/mol. The van der Waals surface area contributed by atoms with Crippen LogP contribution in [0.4, 0.5) is 5.69 Å². The van der Waals surface area contributed by atoms with Crippen molar-refractivity contribution in [1.82, 2.24) is 5.32 Å². The summed E-state index contributed by atoms with van der Waals surface area (Å²) in [7, 11) is 0.514. The molecule has 0 fully saturated rings. The van der Waals surface area contributed by atoms with Crippen LogP contribution in [0.5, 0.6) is 11.5 Å². The summed E-state index contributed by atoms with van der Waals surface area (Å²) in [5.74, 6) is 0.485. The highest BCUT2D eigenvalue weighted by Crippen LogP contribution is 2.32. The van der Waals surface area contributed by atoms with Gasteiger partial charge in [0, 0.05) is 18.7 Å². The molecule has 0 aromatic heterocycles. The molecule has 0 saturated carbocycles. The molecule has 0 radical (unpaired) electrons. The number of rotatable bonds is 9. The summed E-state index contributed by atoms with van der Waals surface area (Å²) in [5.41, 5.74) is 3.87. The number of ether oxygens (including phenoxy) is 2. The van der Waals surface area contributed by atoms with Crippen molar-refractivity contribution in [1.29, 1.82) is 0 Å². The van der Waals surface area contributed by atoms with Crippen molar-refractivity contribution in [3.63, 3.8) is 0 Å². The van der Waals surface area contributed by atoms with Crippen LogP contribution in [-0.4, -0.2) is 35.6 Å². The summed E-state index contributed by atoms with van der Waals surface area (Å²) in [5, 5.41) is 3.14. The molecule has 196 valence electrons. The van der Waals surface area contributed by atoms with Crippen LogP contribution in [0.3, 0.4) is 0 Å². The highest BCUT2D eigenvalue weighted by Gasteiger charge is 2.24. The molecule has 38 heavy (non-hydrogen) atoms. The number of nitrogens with zero attached hydrogens (tertiary/aromatic N) is 1. The van der Waals surface area contributed by atoms with Crippen LogP contribution < -0.4 is 19.1 Å². The molecule has 0 bridgehead atoms. The Kier molecular flexibility index (Phi) is 8.02. The molecule has 0 aliphatic heterocycles. The van der Waals surface area contributed by atoms with E-state index in [0.29, 0.717) is 22.7 Å². The first-order valence-corrected chi connectivity index (χ1v) is 13.4. The zero-order valence-electron chi connectivity index (χ0n) is 21.7. The zero-order valence-corrected chi connectivity index (χ0v) is 22.5. The Balaban J connectivity index is 1.57. The van der Waals surface area contributed by atoms with Crippen LogP contribution in [0.25, 0.3) is 0 Å². The van der Waals surface area contributed by atoms with Crippen LogP contribution in [0.15, 0.2) is 102 Å². The Morgan fingerprint density at radius 1 is 0.816 bits per heavy atom. The van der Waals surface area contributed by atoms with E-state index >= 15 is 0 Å². The number of hydrogen-bond acceptors (Lipinski definition) is 5. The third kappa shape index (κ3) is 5.50. The number of benzene rings is 4. The molecule has 1 amide bonds. The number of nitrogens with one attached hydrogen (secondary N) is 1. The second-order valence-corrected chi connectivity index (χ2v) is 10.7. The number of carbonyl (C=O) groups is 1. The molecule has 1 atom stereocenters. The van der Waals surface area contributed by atoms with Gasteiger partial charge in [0.2, 0.25) is 0 Å². The predicted molar refractivity (Wildman–Crippen MR) is 149 cm³/mol. The first kappa shape index (κ1) is 26.8. The highest BCUT2D eigenvalue weighted by atomic mass is 32.2. The van der Waals surface area contributed by atoms with Gasteiger partial charge in [-0.05, 0) is 60.0 Å². The van der Waals surface area contributed by atoms with Crippen molar-refractivity contribution >= 4 is 21.6 Å². The molecule has 4 aromatic rings. The fourth-order valence-electron chi connectivity index (χ4n) is 4.21. The summed E-state index contributed by atoms with van der Waals surface area (Å²) >= 11 is 0. The van der Waals surface area contributed by atoms with Crippen LogP contribution in [-0.2, 0) is 10.0 Å². The minimum absolute atomic E-state index is 0.0587. The van der Waals surface area contributed by atoms with Crippen LogP contribution >= 0.6 is 0 Å². The van der Waals surface area contributed by atoms with Crippen LogP contribution in [0.1, 0.15) is 33.1 Å². The van der Waals surface area contributed by atoms with Crippen molar-refractivity contribution in [2.24, 2.45) is 0 Å². The Morgan fingerprint density at radius 3 is 2.08 bits per heavy atom. The molecule has 1 N–H and O–H groups in total. The molecule has 8 heteroatoms. The molecule has 0 saturated heterocycles. The lowest BCUT2D eigenvalue weighted by molar-refractivity contribution is 0.0943. The Bertz CT molecular complexity index is 1520. The lowest BCUT2D eigenvalue weighted by atomic mass is 9.94. The minimum Gasteiger partial charge on any atom is -0.493 e. The van der Waals surface area contributed by atoms with Gasteiger partial charge in [-0.25, -0.2) is 8.42 Å². The normalized spacial score (nSPS) is 11.9. The topological polar surface area (TPSA) is 84.9 Å². The molecule has 7 nitrogen and oxygen atoms in total. The predicted octanol–water partition coefficient (Wildman–Crippen LogP) is 5.36. The second-order valence-electron chi connectivity index (χ2n) is 8.71. The van der Waals surface area contributed by atoms with Gasteiger partial charge in [0.15, 0.2) is 11.5 Å². The number of anilines is 1. The maximum atomic E-state index is 13.3. The molecular weight excluding hydrogens is 500 g/mol. The first-order chi connectivity index (χ1) is 18.3. The zero-order chi connectivity index (χ0) is 27.3. The third-order valence-electron chi connectivity index (χ3n) is 6.41. The van der Waals surface area contributed by atoms with Gasteiger partial charge >= 0.3 is 0 Å². The summed E-state index contributed by atoms with van der Waals surface area (Å²) in [6.45, 7) is 2.01. The van der Waals surface area contributed by atoms with Crippen molar-refractivity contribution in [2.45, 2.75) is 17.9 Å². The van der Waals surface area contributed by atoms with Crippen molar-refractivity contribution < 1.29 is 22.7 Å². The number of methoxy groups -OCH3 is 2. The molecule has 0 aliphatic carbocycles. The van der Waals surface area contributed by atoms with Crippen LogP contribution in [0, 0.1) is 6.92 Å². The van der Waals surface area contributed by atoms with E-state index < -0.39 is 10.0 Å². The smallest absolute Gasteiger partial charge is 0.264 e. The van der Waals surface area contributed by atoms with Gasteiger partial charge < -0.3 is 14.8 Å². The van der Waals surface area contributed by atoms with Gasteiger partial charge in [0.25, 0.3) is 15.9 Å².